The smallest absolute Gasteiger partial charge is 0.0300 e. The molecule has 0 aliphatic carbocycles. The van der Waals surface area contributed by atoms with Gasteiger partial charge in [-0.05, 0) is 52.0 Å². The van der Waals surface area contributed by atoms with Crippen molar-refractivity contribution in [3.8, 4) is 0 Å². The average molecular weight is 281 g/mol. The first kappa shape index (κ1) is 15.0. The van der Waals surface area contributed by atoms with Gasteiger partial charge in [-0.25, -0.2) is 0 Å². The molecule has 2 heterocycles. The molecule has 1 aromatic rings. The average Bonchev–Trinajstić information content (AvgIpc) is 3.04. The standard InChI is InChI=1S/C15H27N3S/c1-14-5-6-15(19-14)13-16-7-10-17(2)11-12-18-8-3-4-9-18/h5-6,16H,3-4,7-13H2,1-2H3. The third-order valence-corrected chi connectivity index (χ3v) is 4.76. The number of thiophene rings is 1. The Morgan fingerprint density at radius 1 is 1.26 bits per heavy atom. The van der Waals surface area contributed by atoms with Gasteiger partial charge in [-0.3, -0.25) is 0 Å². The van der Waals surface area contributed by atoms with Crippen molar-refractivity contribution < 1.29 is 0 Å². The van der Waals surface area contributed by atoms with Crippen molar-refractivity contribution in [2.45, 2.75) is 26.3 Å². The second-order valence-electron chi connectivity index (χ2n) is 5.54. The molecule has 1 aliphatic heterocycles. The first-order valence-corrected chi connectivity index (χ1v) is 8.22. The molecular weight excluding hydrogens is 254 g/mol. The highest BCUT2D eigenvalue weighted by Crippen LogP contribution is 2.14. The van der Waals surface area contributed by atoms with E-state index >= 15 is 0 Å². The van der Waals surface area contributed by atoms with E-state index in [0.717, 1.165) is 19.6 Å². The van der Waals surface area contributed by atoms with Crippen molar-refractivity contribution in [1.82, 2.24) is 15.1 Å². The highest BCUT2D eigenvalue weighted by atomic mass is 32.1. The van der Waals surface area contributed by atoms with Crippen LogP contribution in [0.3, 0.4) is 0 Å². The molecule has 0 amide bonds. The molecule has 0 bridgehead atoms. The van der Waals surface area contributed by atoms with Gasteiger partial charge in [0.25, 0.3) is 0 Å². The van der Waals surface area contributed by atoms with E-state index in [9.17, 15) is 0 Å². The Morgan fingerprint density at radius 2 is 2.05 bits per heavy atom. The zero-order chi connectivity index (χ0) is 13.5. The van der Waals surface area contributed by atoms with Crippen LogP contribution in [0.4, 0.5) is 0 Å². The maximum Gasteiger partial charge on any atom is 0.0300 e. The van der Waals surface area contributed by atoms with Gasteiger partial charge in [-0.15, -0.1) is 11.3 Å². The van der Waals surface area contributed by atoms with Crippen molar-refractivity contribution in [3.05, 3.63) is 21.9 Å². The van der Waals surface area contributed by atoms with Crippen LogP contribution in [0.2, 0.25) is 0 Å². The Morgan fingerprint density at radius 3 is 2.74 bits per heavy atom. The lowest BCUT2D eigenvalue weighted by Gasteiger charge is -2.21. The minimum atomic E-state index is 1.01. The van der Waals surface area contributed by atoms with E-state index in [2.05, 4.69) is 41.2 Å². The molecule has 0 atom stereocenters. The van der Waals surface area contributed by atoms with Crippen molar-refractivity contribution in [1.29, 1.82) is 0 Å². The third-order valence-electron chi connectivity index (χ3n) is 3.76. The fourth-order valence-electron chi connectivity index (χ4n) is 2.49. The normalized spacial score (nSPS) is 16.6. The molecule has 0 aromatic carbocycles. The summed E-state index contributed by atoms with van der Waals surface area (Å²) in [6.07, 6.45) is 2.79. The minimum Gasteiger partial charge on any atom is -0.311 e. The Hall–Kier alpha value is -0.420. The lowest BCUT2D eigenvalue weighted by molar-refractivity contribution is 0.257. The predicted octanol–water partition coefficient (Wildman–Crippen LogP) is 2.17. The molecule has 0 radical (unpaired) electrons. The molecule has 108 valence electrons. The largest absolute Gasteiger partial charge is 0.311 e. The van der Waals surface area contributed by atoms with Crippen molar-refractivity contribution in [2.75, 3.05) is 46.3 Å². The Bertz CT molecular complexity index is 358. The summed E-state index contributed by atoms with van der Waals surface area (Å²) >= 11 is 1.89. The van der Waals surface area contributed by atoms with Crippen LogP contribution >= 0.6 is 11.3 Å². The maximum absolute atomic E-state index is 3.53. The van der Waals surface area contributed by atoms with Crippen LogP contribution in [0.5, 0.6) is 0 Å². The first-order chi connectivity index (χ1) is 9.24. The molecule has 0 spiro atoms. The molecular formula is C15H27N3S. The molecule has 0 saturated carbocycles. The maximum atomic E-state index is 3.53. The van der Waals surface area contributed by atoms with Gasteiger partial charge in [0.15, 0.2) is 0 Å². The number of likely N-dealkylation sites (N-methyl/N-ethyl adjacent to an activating group) is 1. The zero-order valence-corrected chi connectivity index (χ0v) is 13.1. The zero-order valence-electron chi connectivity index (χ0n) is 12.3. The highest BCUT2D eigenvalue weighted by Gasteiger charge is 2.11. The van der Waals surface area contributed by atoms with Gasteiger partial charge in [-0.1, -0.05) is 0 Å². The summed E-state index contributed by atoms with van der Waals surface area (Å²) in [4.78, 5) is 7.86. The van der Waals surface area contributed by atoms with E-state index < -0.39 is 0 Å². The van der Waals surface area contributed by atoms with Crippen LogP contribution in [0.25, 0.3) is 0 Å². The molecule has 1 N–H and O–H groups in total. The minimum absolute atomic E-state index is 1.01. The second-order valence-corrected chi connectivity index (χ2v) is 6.91. The molecule has 2 rings (SSSR count). The number of nitrogens with one attached hydrogen (secondary N) is 1. The molecule has 3 nitrogen and oxygen atoms in total. The summed E-state index contributed by atoms with van der Waals surface area (Å²) in [5, 5.41) is 3.53. The fraction of sp³-hybridized carbons (Fsp3) is 0.733. The van der Waals surface area contributed by atoms with Gasteiger partial charge in [0.05, 0.1) is 0 Å². The van der Waals surface area contributed by atoms with Gasteiger partial charge in [-0.2, -0.15) is 0 Å². The van der Waals surface area contributed by atoms with Crippen LogP contribution in [0.1, 0.15) is 22.6 Å². The van der Waals surface area contributed by atoms with E-state index in [-0.39, 0.29) is 0 Å². The molecule has 1 saturated heterocycles. The number of aryl methyl sites for hydroxylation is 1. The lowest BCUT2D eigenvalue weighted by atomic mass is 10.4. The van der Waals surface area contributed by atoms with Crippen LogP contribution < -0.4 is 5.32 Å². The molecule has 19 heavy (non-hydrogen) atoms. The van der Waals surface area contributed by atoms with Crippen LogP contribution in [-0.2, 0) is 6.54 Å². The number of hydrogen-bond acceptors (Lipinski definition) is 4. The van der Waals surface area contributed by atoms with Crippen molar-refractivity contribution >= 4 is 11.3 Å². The molecule has 1 fully saturated rings. The topological polar surface area (TPSA) is 18.5 Å². The van der Waals surface area contributed by atoms with E-state index in [0.29, 0.717) is 0 Å². The second kappa shape index (κ2) is 8.00. The SMILES string of the molecule is Cc1ccc(CNCCN(C)CCN2CCCC2)s1. The summed E-state index contributed by atoms with van der Waals surface area (Å²) in [7, 11) is 2.23. The summed E-state index contributed by atoms with van der Waals surface area (Å²) in [6.45, 7) is 10.4. The summed E-state index contributed by atoms with van der Waals surface area (Å²) in [5.41, 5.74) is 0. The van der Waals surface area contributed by atoms with E-state index in [1.165, 1.54) is 48.8 Å². The molecule has 1 aromatic heterocycles. The Balaban J connectivity index is 1.50. The summed E-state index contributed by atoms with van der Waals surface area (Å²) < 4.78 is 0. The number of likely N-dealkylation sites (tertiary alicyclic amines) is 1. The molecule has 1 aliphatic rings. The van der Waals surface area contributed by atoms with E-state index in [4.69, 9.17) is 0 Å². The van der Waals surface area contributed by atoms with E-state index in [1.54, 1.807) is 0 Å². The van der Waals surface area contributed by atoms with Crippen LogP contribution in [-0.4, -0.2) is 56.1 Å². The Labute approximate surface area is 121 Å². The first-order valence-electron chi connectivity index (χ1n) is 7.41. The number of hydrogen-bond donors (Lipinski definition) is 1. The third kappa shape index (κ3) is 5.61. The molecule has 4 heteroatoms. The van der Waals surface area contributed by atoms with Crippen molar-refractivity contribution in [3.63, 3.8) is 0 Å². The molecule has 0 unspecified atom stereocenters. The van der Waals surface area contributed by atoms with Gasteiger partial charge in [0, 0.05) is 42.5 Å². The highest BCUT2D eigenvalue weighted by molar-refractivity contribution is 7.11. The van der Waals surface area contributed by atoms with E-state index in [1.807, 2.05) is 11.3 Å². The van der Waals surface area contributed by atoms with Gasteiger partial charge in [0.2, 0.25) is 0 Å². The number of rotatable bonds is 8. The Kier molecular flexibility index (Phi) is 6.31. The monoisotopic (exact) mass is 281 g/mol. The van der Waals surface area contributed by atoms with Gasteiger partial charge < -0.3 is 15.1 Å². The quantitative estimate of drug-likeness (QED) is 0.737. The van der Waals surface area contributed by atoms with Gasteiger partial charge in [0.1, 0.15) is 0 Å². The van der Waals surface area contributed by atoms with Gasteiger partial charge >= 0.3 is 0 Å². The lowest BCUT2D eigenvalue weighted by Crippen LogP contribution is -2.35. The summed E-state index contributed by atoms with van der Waals surface area (Å²) in [5.74, 6) is 0. The van der Waals surface area contributed by atoms with Crippen molar-refractivity contribution in [2.24, 2.45) is 0 Å². The van der Waals surface area contributed by atoms with Crippen LogP contribution in [0, 0.1) is 6.92 Å². The number of nitrogens with zero attached hydrogens (tertiary/aromatic N) is 2. The fourth-order valence-corrected chi connectivity index (χ4v) is 3.35. The predicted molar refractivity (Wildman–Crippen MR) is 83.9 cm³/mol. The summed E-state index contributed by atoms with van der Waals surface area (Å²) in [6, 6.07) is 4.42. The van der Waals surface area contributed by atoms with Crippen LogP contribution in [0.15, 0.2) is 12.1 Å².